The lowest BCUT2D eigenvalue weighted by Gasteiger charge is -2.39. The predicted octanol–water partition coefficient (Wildman–Crippen LogP) is 4.09. The van der Waals surface area contributed by atoms with E-state index >= 15 is 0 Å². The molecule has 0 radical (unpaired) electrons. The van der Waals surface area contributed by atoms with Crippen molar-refractivity contribution in [1.29, 1.82) is 0 Å². The molecule has 21 heavy (non-hydrogen) atoms. The van der Waals surface area contributed by atoms with Crippen LogP contribution in [0.1, 0.15) is 45.2 Å². The molecule has 0 spiro atoms. The molecule has 1 atom stereocenters. The fraction of sp³-hybridized carbons (Fsp3) is 0.500. The largest absolute Gasteiger partial charge is 0.373 e. The van der Waals surface area contributed by atoms with E-state index in [-0.39, 0.29) is 11.6 Å². The lowest BCUT2D eigenvalue weighted by molar-refractivity contribution is -0.0715. The van der Waals surface area contributed by atoms with E-state index < -0.39 is 0 Å². The highest BCUT2D eigenvalue weighted by Crippen LogP contribution is 2.37. The summed E-state index contributed by atoms with van der Waals surface area (Å²) in [6, 6.07) is 8.54. The first-order chi connectivity index (χ1) is 10.2. The number of rotatable bonds is 7. The van der Waals surface area contributed by atoms with Crippen molar-refractivity contribution in [2.75, 3.05) is 13.7 Å². The third kappa shape index (κ3) is 2.94. The number of hydrogen-bond donors (Lipinski definition) is 1. The van der Waals surface area contributed by atoms with Gasteiger partial charge in [0.1, 0.15) is 0 Å². The first kappa shape index (κ1) is 15.9. The second kappa shape index (κ2) is 7.01. The minimum Gasteiger partial charge on any atom is -0.373 e. The molecule has 3 heteroatoms. The molecule has 0 aliphatic carbocycles. The van der Waals surface area contributed by atoms with Gasteiger partial charge in [-0.05, 0) is 37.8 Å². The molecule has 2 aromatic rings. The number of benzene rings is 1. The van der Waals surface area contributed by atoms with E-state index in [1.165, 1.54) is 16.3 Å². The second-order valence-electron chi connectivity index (χ2n) is 5.38. The van der Waals surface area contributed by atoms with Crippen molar-refractivity contribution >= 4 is 10.8 Å². The normalized spacial score (nSPS) is 13.5. The lowest BCUT2D eigenvalue weighted by atomic mass is 9.83. The van der Waals surface area contributed by atoms with Gasteiger partial charge in [-0.25, -0.2) is 0 Å². The molecule has 1 aromatic heterocycles. The van der Waals surface area contributed by atoms with Crippen LogP contribution in [0.25, 0.3) is 10.8 Å². The Morgan fingerprint density at radius 2 is 1.86 bits per heavy atom. The standard InChI is InChI=1S/C18H26N2O/c1-5-18(6-2,21-7-3)17(19-4)16-13-20-12-14-10-8-9-11-15(14)16/h8-13,17,19H,5-7H2,1-4H3. The van der Waals surface area contributed by atoms with Crippen molar-refractivity contribution < 1.29 is 4.74 Å². The van der Waals surface area contributed by atoms with Crippen LogP contribution in [-0.2, 0) is 4.74 Å². The Morgan fingerprint density at radius 1 is 1.14 bits per heavy atom. The van der Waals surface area contributed by atoms with E-state index in [1.54, 1.807) is 0 Å². The number of fused-ring (bicyclic) bond motifs is 1. The number of ether oxygens (including phenoxy) is 1. The van der Waals surface area contributed by atoms with Gasteiger partial charge in [0, 0.05) is 24.4 Å². The Balaban J connectivity index is 2.57. The minimum absolute atomic E-state index is 0.131. The molecule has 1 heterocycles. The Bertz CT molecular complexity index is 573. The topological polar surface area (TPSA) is 34.1 Å². The van der Waals surface area contributed by atoms with Crippen LogP contribution in [0.4, 0.5) is 0 Å². The minimum atomic E-state index is -0.199. The highest BCUT2D eigenvalue weighted by molar-refractivity contribution is 5.85. The average Bonchev–Trinajstić information content (AvgIpc) is 2.54. The molecule has 0 saturated carbocycles. The van der Waals surface area contributed by atoms with Crippen LogP contribution < -0.4 is 5.32 Å². The number of nitrogens with zero attached hydrogens (tertiary/aromatic N) is 1. The van der Waals surface area contributed by atoms with Crippen LogP contribution in [-0.4, -0.2) is 24.2 Å². The molecule has 1 N–H and O–H groups in total. The molecular weight excluding hydrogens is 260 g/mol. The fourth-order valence-corrected chi connectivity index (χ4v) is 3.31. The van der Waals surface area contributed by atoms with Gasteiger partial charge >= 0.3 is 0 Å². The van der Waals surface area contributed by atoms with E-state index in [9.17, 15) is 0 Å². The molecule has 0 aliphatic heterocycles. The smallest absolute Gasteiger partial charge is 0.0871 e. The SMILES string of the molecule is CCOC(CC)(CC)C(NC)c1cncc2ccccc12. The first-order valence-electron chi connectivity index (χ1n) is 7.86. The molecule has 0 fully saturated rings. The summed E-state index contributed by atoms with van der Waals surface area (Å²) in [5, 5.41) is 5.90. The van der Waals surface area contributed by atoms with Crippen molar-refractivity contribution in [2.45, 2.75) is 45.3 Å². The predicted molar refractivity (Wildman–Crippen MR) is 88.5 cm³/mol. The van der Waals surface area contributed by atoms with Crippen molar-refractivity contribution in [3.63, 3.8) is 0 Å². The molecule has 3 nitrogen and oxygen atoms in total. The van der Waals surface area contributed by atoms with Crippen LogP contribution >= 0.6 is 0 Å². The van der Waals surface area contributed by atoms with Gasteiger partial charge in [-0.15, -0.1) is 0 Å². The first-order valence-corrected chi connectivity index (χ1v) is 7.86. The highest BCUT2D eigenvalue weighted by Gasteiger charge is 2.37. The average molecular weight is 286 g/mol. The van der Waals surface area contributed by atoms with Gasteiger partial charge < -0.3 is 10.1 Å². The molecule has 114 valence electrons. The Morgan fingerprint density at radius 3 is 2.48 bits per heavy atom. The van der Waals surface area contributed by atoms with Gasteiger partial charge in [0.25, 0.3) is 0 Å². The highest BCUT2D eigenvalue weighted by atomic mass is 16.5. The Hall–Kier alpha value is -1.45. The number of nitrogens with one attached hydrogen (secondary N) is 1. The van der Waals surface area contributed by atoms with Crippen LogP contribution in [0.5, 0.6) is 0 Å². The van der Waals surface area contributed by atoms with E-state index in [0.717, 1.165) is 19.4 Å². The van der Waals surface area contributed by atoms with E-state index in [0.29, 0.717) is 0 Å². The van der Waals surface area contributed by atoms with Crippen molar-refractivity contribution in [3.05, 3.63) is 42.2 Å². The number of pyridine rings is 1. The summed E-state index contributed by atoms with van der Waals surface area (Å²) in [6.07, 6.45) is 5.83. The summed E-state index contributed by atoms with van der Waals surface area (Å²) in [7, 11) is 2.01. The molecule has 2 rings (SSSR count). The van der Waals surface area contributed by atoms with Gasteiger partial charge in [0.2, 0.25) is 0 Å². The summed E-state index contributed by atoms with van der Waals surface area (Å²) in [5.74, 6) is 0. The van der Waals surface area contributed by atoms with E-state index in [4.69, 9.17) is 4.74 Å². The zero-order valence-corrected chi connectivity index (χ0v) is 13.5. The molecule has 0 saturated heterocycles. The van der Waals surface area contributed by atoms with Crippen LogP contribution in [0.15, 0.2) is 36.7 Å². The van der Waals surface area contributed by atoms with Gasteiger partial charge in [0.05, 0.1) is 11.6 Å². The zero-order chi connectivity index (χ0) is 15.3. The number of aromatic nitrogens is 1. The summed E-state index contributed by atoms with van der Waals surface area (Å²) >= 11 is 0. The summed E-state index contributed by atoms with van der Waals surface area (Å²) in [4.78, 5) is 4.43. The Kier molecular flexibility index (Phi) is 5.32. The molecule has 0 aliphatic rings. The molecule has 1 aromatic carbocycles. The van der Waals surface area contributed by atoms with Gasteiger partial charge in [0.15, 0.2) is 0 Å². The lowest BCUT2D eigenvalue weighted by Crippen LogP contribution is -2.44. The molecule has 0 amide bonds. The monoisotopic (exact) mass is 286 g/mol. The summed E-state index contributed by atoms with van der Waals surface area (Å²) < 4.78 is 6.19. The summed E-state index contributed by atoms with van der Waals surface area (Å²) in [5.41, 5.74) is 1.02. The van der Waals surface area contributed by atoms with Crippen molar-refractivity contribution in [3.8, 4) is 0 Å². The Labute approximate surface area is 127 Å². The molecule has 0 bridgehead atoms. The van der Waals surface area contributed by atoms with Gasteiger partial charge in [-0.3, -0.25) is 4.98 Å². The van der Waals surface area contributed by atoms with Gasteiger partial charge in [-0.1, -0.05) is 38.1 Å². The van der Waals surface area contributed by atoms with Crippen molar-refractivity contribution in [2.24, 2.45) is 0 Å². The van der Waals surface area contributed by atoms with E-state index in [1.807, 2.05) is 19.4 Å². The van der Waals surface area contributed by atoms with Crippen LogP contribution in [0.3, 0.4) is 0 Å². The maximum atomic E-state index is 6.19. The zero-order valence-electron chi connectivity index (χ0n) is 13.5. The van der Waals surface area contributed by atoms with Crippen LogP contribution in [0, 0.1) is 0 Å². The number of likely N-dealkylation sites (N-methyl/N-ethyl adjacent to an activating group) is 1. The second-order valence-corrected chi connectivity index (χ2v) is 5.38. The van der Waals surface area contributed by atoms with Gasteiger partial charge in [-0.2, -0.15) is 0 Å². The molecular formula is C18H26N2O. The maximum absolute atomic E-state index is 6.19. The summed E-state index contributed by atoms with van der Waals surface area (Å²) in [6.45, 7) is 7.18. The third-order valence-electron chi connectivity index (χ3n) is 4.45. The van der Waals surface area contributed by atoms with Crippen molar-refractivity contribution in [1.82, 2.24) is 10.3 Å². The van der Waals surface area contributed by atoms with E-state index in [2.05, 4.69) is 55.3 Å². The van der Waals surface area contributed by atoms with Crippen LogP contribution in [0.2, 0.25) is 0 Å². The quantitative estimate of drug-likeness (QED) is 0.832. The number of hydrogen-bond acceptors (Lipinski definition) is 3. The third-order valence-corrected chi connectivity index (χ3v) is 4.45. The molecule has 1 unspecified atom stereocenters. The fourth-order valence-electron chi connectivity index (χ4n) is 3.31. The maximum Gasteiger partial charge on any atom is 0.0871 e.